The fourth-order valence-electron chi connectivity index (χ4n) is 2.76. The number of rotatable bonds is 2. The van der Waals surface area contributed by atoms with Crippen molar-refractivity contribution in [3.8, 4) is 0 Å². The van der Waals surface area contributed by atoms with E-state index in [1.54, 1.807) is 0 Å². The predicted molar refractivity (Wildman–Crippen MR) is 72.3 cm³/mol. The average Bonchev–Trinajstić information content (AvgIpc) is 2.85. The van der Waals surface area contributed by atoms with Gasteiger partial charge in [0.25, 0.3) is 0 Å². The van der Waals surface area contributed by atoms with Crippen LogP contribution in [0.5, 0.6) is 0 Å². The first kappa shape index (κ1) is 11.6. The van der Waals surface area contributed by atoms with Crippen molar-refractivity contribution in [3.05, 3.63) is 42.2 Å². The largest absolute Gasteiger partial charge is 0.373 e. The third-order valence-electron chi connectivity index (χ3n) is 3.94. The van der Waals surface area contributed by atoms with Gasteiger partial charge in [0.15, 0.2) is 0 Å². The molecule has 1 aliphatic heterocycles. The first-order valence-electron chi connectivity index (χ1n) is 6.43. The monoisotopic (exact) mass is 242 g/mol. The molecule has 0 aliphatic carbocycles. The highest BCUT2D eigenvalue weighted by Crippen LogP contribution is 2.37. The Balaban J connectivity index is 2.08. The molecule has 0 radical (unpaired) electrons. The van der Waals surface area contributed by atoms with Crippen molar-refractivity contribution in [2.75, 3.05) is 6.61 Å². The zero-order chi connectivity index (χ0) is 12.6. The van der Waals surface area contributed by atoms with Crippen molar-refractivity contribution in [1.82, 2.24) is 4.98 Å². The summed E-state index contributed by atoms with van der Waals surface area (Å²) in [5.74, 6) is 0. The van der Waals surface area contributed by atoms with Gasteiger partial charge in [-0.25, -0.2) is 0 Å². The Hall–Kier alpha value is -1.45. The zero-order valence-electron chi connectivity index (χ0n) is 10.6. The molecule has 2 unspecified atom stereocenters. The second-order valence-electron chi connectivity index (χ2n) is 5.19. The molecule has 1 aromatic heterocycles. The Labute approximate surface area is 107 Å². The summed E-state index contributed by atoms with van der Waals surface area (Å²) in [5.41, 5.74) is 7.26. The van der Waals surface area contributed by atoms with Gasteiger partial charge in [-0.15, -0.1) is 0 Å². The van der Waals surface area contributed by atoms with E-state index >= 15 is 0 Å². The van der Waals surface area contributed by atoms with Gasteiger partial charge < -0.3 is 10.5 Å². The summed E-state index contributed by atoms with van der Waals surface area (Å²) in [7, 11) is 0. The molecule has 3 rings (SSSR count). The highest BCUT2D eigenvalue weighted by atomic mass is 16.5. The fourth-order valence-corrected chi connectivity index (χ4v) is 2.76. The van der Waals surface area contributed by atoms with Crippen LogP contribution in [0.15, 0.2) is 36.7 Å². The van der Waals surface area contributed by atoms with Gasteiger partial charge in [0.1, 0.15) is 0 Å². The van der Waals surface area contributed by atoms with Crippen LogP contribution in [0.4, 0.5) is 0 Å². The van der Waals surface area contributed by atoms with E-state index in [1.807, 2.05) is 24.5 Å². The molecule has 18 heavy (non-hydrogen) atoms. The topological polar surface area (TPSA) is 48.1 Å². The number of pyridine rings is 1. The molecule has 0 bridgehead atoms. The Morgan fingerprint density at radius 2 is 2.17 bits per heavy atom. The molecule has 94 valence electrons. The molecule has 2 atom stereocenters. The number of benzene rings is 1. The maximum atomic E-state index is 6.44. The molecule has 3 nitrogen and oxygen atoms in total. The third kappa shape index (κ3) is 1.80. The predicted octanol–water partition coefficient (Wildman–Crippen LogP) is 2.80. The van der Waals surface area contributed by atoms with Crippen molar-refractivity contribution in [3.63, 3.8) is 0 Å². The van der Waals surface area contributed by atoms with Crippen molar-refractivity contribution in [2.24, 2.45) is 5.73 Å². The van der Waals surface area contributed by atoms with E-state index in [9.17, 15) is 0 Å². The molecule has 3 heteroatoms. The summed E-state index contributed by atoms with van der Waals surface area (Å²) in [6.07, 6.45) is 5.85. The van der Waals surface area contributed by atoms with Gasteiger partial charge in [-0.3, -0.25) is 4.98 Å². The maximum absolute atomic E-state index is 6.44. The van der Waals surface area contributed by atoms with Crippen LogP contribution in [-0.4, -0.2) is 17.2 Å². The van der Waals surface area contributed by atoms with E-state index in [4.69, 9.17) is 10.5 Å². The molecule has 0 amide bonds. The Morgan fingerprint density at radius 1 is 1.33 bits per heavy atom. The van der Waals surface area contributed by atoms with Crippen molar-refractivity contribution >= 4 is 10.8 Å². The van der Waals surface area contributed by atoms with Crippen molar-refractivity contribution in [1.29, 1.82) is 0 Å². The minimum Gasteiger partial charge on any atom is -0.373 e. The Morgan fingerprint density at radius 3 is 2.94 bits per heavy atom. The van der Waals surface area contributed by atoms with E-state index < -0.39 is 0 Å². The van der Waals surface area contributed by atoms with E-state index in [2.05, 4.69) is 24.0 Å². The lowest BCUT2D eigenvalue weighted by atomic mass is 9.87. The maximum Gasteiger partial charge on any atom is 0.0847 e. The normalized spacial score (nSPS) is 25.4. The molecule has 2 heterocycles. The zero-order valence-corrected chi connectivity index (χ0v) is 10.6. The number of ether oxygens (including phenoxy) is 1. The van der Waals surface area contributed by atoms with E-state index in [0.29, 0.717) is 0 Å². The second kappa shape index (κ2) is 4.34. The van der Waals surface area contributed by atoms with Gasteiger partial charge in [0.05, 0.1) is 11.6 Å². The van der Waals surface area contributed by atoms with Crippen LogP contribution in [0.25, 0.3) is 10.8 Å². The summed E-state index contributed by atoms with van der Waals surface area (Å²) >= 11 is 0. The van der Waals surface area contributed by atoms with Crippen molar-refractivity contribution < 1.29 is 4.74 Å². The van der Waals surface area contributed by atoms with Crippen LogP contribution in [0.3, 0.4) is 0 Å². The lowest BCUT2D eigenvalue weighted by molar-refractivity contribution is -0.00146. The fraction of sp³-hybridized carbons (Fsp3) is 0.400. The number of nitrogens with two attached hydrogens (primary N) is 1. The van der Waals surface area contributed by atoms with Gasteiger partial charge >= 0.3 is 0 Å². The Bertz CT molecular complexity index is 556. The quantitative estimate of drug-likeness (QED) is 0.881. The number of hydrogen-bond donors (Lipinski definition) is 1. The number of nitrogens with zero attached hydrogens (tertiary/aromatic N) is 1. The minimum absolute atomic E-state index is 0.126. The van der Waals surface area contributed by atoms with Crippen LogP contribution >= 0.6 is 0 Å². The van der Waals surface area contributed by atoms with Crippen LogP contribution in [0.1, 0.15) is 31.4 Å². The second-order valence-corrected chi connectivity index (χ2v) is 5.19. The molecule has 2 aromatic rings. The Kier molecular flexibility index (Phi) is 2.80. The first-order valence-corrected chi connectivity index (χ1v) is 6.43. The van der Waals surface area contributed by atoms with Gasteiger partial charge in [0.2, 0.25) is 0 Å². The van der Waals surface area contributed by atoms with Crippen molar-refractivity contribution in [2.45, 2.75) is 31.4 Å². The van der Waals surface area contributed by atoms with E-state index in [-0.39, 0.29) is 11.6 Å². The number of aromatic nitrogens is 1. The summed E-state index contributed by atoms with van der Waals surface area (Å²) in [4.78, 5) is 4.30. The minimum atomic E-state index is -0.258. The molecular weight excluding hydrogens is 224 g/mol. The first-order chi connectivity index (χ1) is 8.71. The van der Waals surface area contributed by atoms with Gasteiger partial charge in [-0.05, 0) is 30.7 Å². The lowest BCUT2D eigenvalue weighted by Gasteiger charge is -2.31. The lowest BCUT2D eigenvalue weighted by Crippen LogP contribution is -2.37. The van der Waals surface area contributed by atoms with Crippen LogP contribution in [0.2, 0.25) is 0 Å². The smallest absolute Gasteiger partial charge is 0.0847 e. The molecule has 1 saturated heterocycles. The molecule has 0 saturated carbocycles. The molecule has 0 spiro atoms. The summed E-state index contributed by atoms with van der Waals surface area (Å²) < 4.78 is 5.85. The van der Waals surface area contributed by atoms with Crippen LogP contribution in [-0.2, 0) is 4.74 Å². The highest BCUT2D eigenvalue weighted by Gasteiger charge is 2.37. The highest BCUT2D eigenvalue weighted by molar-refractivity contribution is 5.85. The molecule has 1 fully saturated rings. The van der Waals surface area contributed by atoms with Crippen LogP contribution < -0.4 is 5.73 Å². The van der Waals surface area contributed by atoms with Gasteiger partial charge in [-0.2, -0.15) is 0 Å². The summed E-state index contributed by atoms with van der Waals surface area (Å²) in [6, 6.07) is 8.10. The van der Waals surface area contributed by atoms with Gasteiger partial charge in [0, 0.05) is 24.4 Å². The molecule has 1 aromatic carbocycles. The standard InChI is InChI=1S/C15H18N2O/c1-15(7-4-8-18-15)14(16)13-10-17-9-11-5-2-3-6-12(11)13/h2-3,5-6,9-10,14H,4,7-8,16H2,1H3. The number of hydrogen-bond acceptors (Lipinski definition) is 3. The SMILES string of the molecule is CC1(C(N)c2cncc3ccccc23)CCCO1. The number of fused-ring (bicyclic) bond motifs is 1. The molecular formula is C15H18N2O. The average molecular weight is 242 g/mol. The van der Waals surface area contributed by atoms with Crippen LogP contribution in [0, 0.1) is 0 Å². The van der Waals surface area contributed by atoms with E-state index in [1.165, 1.54) is 5.39 Å². The van der Waals surface area contributed by atoms with Gasteiger partial charge in [-0.1, -0.05) is 24.3 Å². The summed E-state index contributed by atoms with van der Waals surface area (Å²) in [6.45, 7) is 2.91. The third-order valence-corrected chi connectivity index (χ3v) is 3.94. The van der Waals surface area contributed by atoms with E-state index in [0.717, 1.165) is 30.4 Å². The molecule has 1 aliphatic rings. The summed E-state index contributed by atoms with van der Waals surface area (Å²) in [5, 5.41) is 2.31. The molecule has 2 N–H and O–H groups in total.